The molecule has 0 bridgehead atoms. The lowest BCUT2D eigenvalue weighted by molar-refractivity contribution is -0.103. The van der Waals surface area contributed by atoms with Gasteiger partial charge in [0.25, 0.3) is 0 Å². The monoisotopic (exact) mass is 213 g/mol. The summed E-state index contributed by atoms with van der Waals surface area (Å²) in [6, 6.07) is 7.45. The molecule has 2 rings (SSSR count). The number of carbonyl (C=O) groups excluding carboxylic acids is 2. The molecule has 1 heterocycles. The fraction of sp³-hybridized carbons (Fsp3) is 0.0769. The summed E-state index contributed by atoms with van der Waals surface area (Å²) in [6.07, 6.45) is 2.36. The largest absolute Gasteiger partial charge is 0.298 e. The maximum absolute atomic E-state index is 11.4. The van der Waals surface area contributed by atoms with Crippen LogP contribution in [0.1, 0.15) is 17.3 Å². The average molecular weight is 213 g/mol. The number of benzene rings is 1. The standard InChI is InChI=1S/C13H11NO2/c1-9(8-15)12-7-14(10(2)16)13-6-4-3-5-11(12)13/h3-8H,1H2,2H3. The highest BCUT2D eigenvalue weighted by Crippen LogP contribution is 2.25. The number of allylic oxidation sites excluding steroid dienone is 1. The summed E-state index contributed by atoms with van der Waals surface area (Å²) in [7, 11) is 0. The van der Waals surface area contributed by atoms with E-state index in [4.69, 9.17) is 0 Å². The zero-order valence-electron chi connectivity index (χ0n) is 8.93. The fourth-order valence-corrected chi connectivity index (χ4v) is 1.76. The Balaban J connectivity index is 2.81. The van der Waals surface area contributed by atoms with Crippen LogP contribution < -0.4 is 0 Å². The normalized spacial score (nSPS) is 10.3. The van der Waals surface area contributed by atoms with Gasteiger partial charge in [-0.2, -0.15) is 0 Å². The number of rotatable bonds is 2. The number of carbonyl (C=O) groups is 2. The quantitative estimate of drug-likeness (QED) is 0.568. The number of hydrogen-bond donors (Lipinski definition) is 0. The Labute approximate surface area is 93.0 Å². The summed E-state index contributed by atoms with van der Waals surface area (Å²) < 4.78 is 1.53. The number of aromatic nitrogens is 1. The second-order valence-corrected chi connectivity index (χ2v) is 3.59. The van der Waals surface area contributed by atoms with E-state index in [0.717, 1.165) is 10.9 Å². The van der Waals surface area contributed by atoms with Gasteiger partial charge in [0.2, 0.25) is 5.91 Å². The van der Waals surface area contributed by atoms with Crippen LogP contribution in [0.4, 0.5) is 0 Å². The third kappa shape index (κ3) is 1.46. The van der Waals surface area contributed by atoms with E-state index in [1.807, 2.05) is 24.3 Å². The van der Waals surface area contributed by atoms with Crippen molar-refractivity contribution >= 4 is 28.7 Å². The second-order valence-electron chi connectivity index (χ2n) is 3.59. The van der Waals surface area contributed by atoms with E-state index in [1.165, 1.54) is 11.5 Å². The van der Waals surface area contributed by atoms with Gasteiger partial charge in [0.15, 0.2) is 0 Å². The smallest absolute Gasteiger partial charge is 0.227 e. The van der Waals surface area contributed by atoms with Crippen LogP contribution in [0.3, 0.4) is 0 Å². The number of aldehydes is 1. The molecule has 1 aromatic heterocycles. The van der Waals surface area contributed by atoms with Gasteiger partial charge >= 0.3 is 0 Å². The minimum absolute atomic E-state index is 0.0823. The molecule has 0 N–H and O–H groups in total. The molecule has 1 aromatic carbocycles. The molecular formula is C13H11NO2. The van der Waals surface area contributed by atoms with Gasteiger partial charge in [0.05, 0.1) is 5.52 Å². The van der Waals surface area contributed by atoms with Crippen LogP contribution in [-0.4, -0.2) is 16.8 Å². The molecule has 0 spiro atoms. The van der Waals surface area contributed by atoms with Gasteiger partial charge in [-0.15, -0.1) is 0 Å². The Hall–Kier alpha value is -2.16. The van der Waals surface area contributed by atoms with Gasteiger partial charge in [0, 0.05) is 29.6 Å². The fourth-order valence-electron chi connectivity index (χ4n) is 1.76. The molecule has 0 unspecified atom stereocenters. The van der Waals surface area contributed by atoms with Crippen LogP contribution in [0.15, 0.2) is 37.0 Å². The number of nitrogens with zero attached hydrogens (tertiary/aromatic N) is 1. The van der Waals surface area contributed by atoms with Gasteiger partial charge < -0.3 is 0 Å². The highest BCUT2D eigenvalue weighted by Gasteiger charge is 2.11. The minimum Gasteiger partial charge on any atom is -0.298 e. The summed E-state index contributed by atoms with van der Waals surface area (Å²) in [5.41, 5.74) is 1.89. The number of fused-ring (bicyclic) bond motifs is 1. The molecule has 0 fully saturated rings. The van der Waals surface area contributed by atoms with Crippen molar-refractivity contribution in [1.29, 1.82) is 0 Å². The lowest BCUT2D eigenvalue weighted by Gasteiger charge is -1.97. The SMILES string of the molecule is C=C(C=O)c1cn(C(C)=O)c2ccccc12. The van der Waals surface area contributed by atoms with E-state index in [-0.39, 0.29) is 5.91 Å². The van der Waals surface area contributed by atoms with Gasteiger partial charge in [-0.05, 0) is 6.07 Å². The number of hydrogen-bond acceptors (Lipinski definition) is 2. The van der Waals surface area contributed by atoms with Crippen molar-refractivity contribution in [3.05, 3.63) is 42.6 Å². The molecule has 0 saturated heterocycles. The van der Waals surface area contributed by atoms with Gasteiger partial charge in [-0.3, -0.25) is 14.2 Å². The van der Waals surface area contributed by atoms with E-state index in [0.29, 0.717) is 17.4 Å². The Morgan fingerprint density at radius 1 is 1.38 bits per heavy atom. The van der Waals surface area contributed by atoms with Gasteiger partial charge in [-0.25, -0.2) is 0 Å². The van der Waals surface area contributed by atoms with Crippen molar-refractivity contribution in [3.8, 4) is 0 Å². The topological polar surface area (TPSA) is 39.1 Å². The highest BCUT2D eigenvalue weighted by molar-refractivity contribution is 6.12. The van der Waals surface area contributed by atoms with Crippen molar-refractivity contribution in [3.63, 3.8) is 0 Å². The van der Waals surface area contributed by atoms with Crippen molar-refractivity contribution < 1.29 is 9.59 Å². The maximum Gasteiger partial charge on any atom is 0.227 e. The Morgan fingerprint density at radius 3 is 2.69 bits per heavy atom. The first-order valence-electron chi connectivity index (χ1n) is 4.90. The zero-order chi connectivity index (χ0) is 11.7. The van der Waals surface area contributed by atoms with Crippen molar-refractivity contribution in [2.75, 3.05) is 0 Å². The van der Waals surface area contributed by atoms with Crippen LogP contribution in [-0.2, 0) is 4.79 Å². The summed E-state index contributed by atoms with van der Waals surface area (Å²) in [5.74, 6) is -0.0823. The third-order valence-corrected chi connectivity index (χ3v) is 2.54. The molecule has 0 saturated carbocycles. The minimum atomic E-state index is -0.0823. The summed E-state index contributed by atoms with van der Waals surface area (Å²) in [6.45, 7) is 5.16. The molecular weight excluding hydrogens is 202 g/mol. The van der Waals surface area contributed by atoms with E-state index in [2.05, 4.69) is 6.58 Å². The van der Waals surface area contributed by atoms with E-state index < -0.39 is 0 Å². The first-order chi connectivity index (χ1) is 7.65. The first-order valence-corrected chi connectivity index (χ1v) is 4.90. The van der Waals surface area contributed by atoms with Gasteiger partial charge in [0.1, 0.15) is 6.29 Å². The molecule has 0 radical (unpaired) electrons. The molecule has 2 aromatic rings. The maximum atomic E-state index is 11.4. The van der Waals surface area contributed by atoms with Crippen molar-refractivity contribution in [2.24, 2.45) is 0 Å². The lowest BCUT2D eigenvalue weighted by Crippen LogP contribution is -2.02. The molecule has 0 atom stereocenters. The third-order valence-electron chi connectivity index (χ3n) is 2.54. The molecule has 0 aliphatic carbocycles. The highest BCUT2D eigenvalue weighted by atomic mass is 16.1. The van der Waals surface area contributed by atoms with E-state index in [1.54, 1.807) is 6.20 Å². The van der Waals surface area contributed by atoms with Crippen LogP contribution >= 0.6 is 0 Å². The summed E-state index contributed by atoms with van der Waals surface area (Å²) in [5, 5.41) is 0.870. The van der Waals surface area contributed by atoms with Crippen molar-refractivity contribution in [2.45, 2.75) is 6.92 Å². The first kappa shape index (κ1) is 10.4. The van der Waals surface area contributed by atoms with Crippen LogP contribution in [0.2, 0.25) is 0 Å². The van der Waals surface area contributed by atoms with Crippen LogP contribution in [0.5, 0.6) is 0 Å². The Bertz CT molecular complexity index is 593. The zero-order valence-corrected chi connectivity index (χ0v) is 8.93. The van der Waals surface area contributed by atoms with Crippen LogP contribution in [0, 0.1) is 0 Å². The molecule has 0 aliphatic heterocycles. The average Bonchev–Trinajstić information content (AvgIpc) is 2.67. The van der Waals surface area contributed by atoms with E-state index in [9.17, 15) is 9.59 Å². The predicted octanol–water partition coefficient (Wildman–Crippen LogP) is 2.51. The summed E-state index contributed by atoms with van der Waals surface area (Å²) >= 11 is 0. The molecule has 80 valence electrons. The number of para-hydroxylation sites is 1. The Kier molecular flexibility index (Phi) is 2.44. The second kappa shape index (κ2) is 3.77. The molecule has 16 heavy (non-hydrogen) atoms. The van der Waals surface area contributed by atoms with Crippen molar-refractivity contribution in [1.82, 2.24) is 4.57 Å². The lowest BCUT2D eigenvalue weighted by atomic mass is 10.1. The predicted molar refractivity (Wildman–Crippen MR) is 63.3 cm³/mol. The molecule has 0 amide bonds. The molecule has 3 nitrogen and oxygen atoms in total. The molecule has 3 heteroatoms. The summed E-state index contributed by atoms with van der Waals surface area (Å²) in [4.78, 5) is 22.2. The van der Waals surface area contributed by atoms with Gasteiger partial charge in [-0.1, -0.05) is 24.8 Å². The Morgan fingerprint density at radius 2 is 2.06 bits per heavy atom. The van der Waals surface area contributed by atoms with E-state index >= 15 is 0 Å². The van der Waals surface area contributed by atoms with Crippen LogP contribution in [0.25, 0.3) is 16.5 Å². The molecule has 0 aliphatic rings.